The van der Waals surface area contributed by atoms with Crippen molar-refractivity contribution in [1.82, 2.24) is 14.9 Å². The highest BCUT2D eigenvalue weighted by atomic mass is 19.1. The number of imidazole rings is 1. The van der Waals surface area contributed by atoms with Crippen LogP contribution in [0.2, 0.25) is 0 Å². The highest BCUT2D eigenvalue weighted by Gasteiger charge is 2.12. The molecule has 0 aliphatic rings. The van der Waals surface area contributed by atoms with Gasteiger partial charge in [-0.15, -0.1) is 0 Å². The summed E-state index contributed by atoms with van der Waals surface area (Å²) < 4.78 is 20.2. The van der Waals surface area contributed by atoms with Gasteiger partial charge in [-0.2, -0.15) is 0 Å². The van der Waals surface area contributed by atoms with E-state index in [0.29, 0.717) is 6.54 Å². The van der Waals surface area contributed by atoms with Crippen LogP contribution in [0.4, 0.5) is 4.39 Å². The summed E-state index contributed by atoms with van der Waals surface area (Å²) in [6.07, 6.45) is 5.17. The lowest BCUT2D eigenvalue weighted by atomic mass is 10.2. The van der Waals surface area contributed by atoms with Crippen LogP contribution in [0.5, 0.6) is 5.75 Å². The van der Waals surface area contributed by atoms with Gasteiger partial charge in [-0.25, -0.2) is 9.37 Å². The third-order valence-corrected chi connectivity index (χ3v) is 2.84. The van der Waals surface area contributed by atoms with E-state index in [2.05, 4.69) is 10.3 Å². The predicted octanol–water partition coefficient (Wildman–Crippen LogP) is 1.85. The molecule has 0 aliphatic carbocycles. The SMILES string of the molecule is COc1ccc(C(=O)N[C@H](C)Cn2ccnc2)cc1F. The smallest absolute Gasteiger partial charge is 0.251 e. The van der Waals surface area contributed by atoms with Gasteiger partial charge in [0.1, 0.15) is 0 Å². The normalized spacial score (nSPS) is 11.9. The minimum absolute atomic E-state index is 0.0955. The molecule has 0 saturated carbocycles. The fraction of sp³-hybridized carbons (Fsp3) is 0.286. The van der Waals surface area contributed by atoms with Crippen LogP contribution in [0, 0.1) is 5.82 Å². The summed E-state index contributed by atoms with van der Waals surface area (Å²) in [7, 11) is 1.38. The summed E-state index contributed by atoms with van der Waals surface area (Å²) in [6, 6.07) is 4.03. The largest absolute Gasteiger partial charge is 0.494 e. The van der Waals surface area contributed by atoms with E-state index in [1.165, 1.54) is 19.2 Å². The second-order valence-corrected chi connectivity index (χ2v) is 4.48. The number of aromatic nitrogens is 2. The molecule has 20 heavy (non-hydrogen) atoms. The van der Waals surface area contributed by atoms with Crippen molar-refractivity contribution in [3.63, 3.8) is 0 Å². The third-order valence-electron chi connectivity index (χ3n) is 2.84. The summed E-state index contributed by atoms with van der Waals surface area (Å²) in [4.78, 5) is 15.9. The van der Waals surface area contributed by atoms with Crippen molar-refractivity contribution >= 4 is 5.91 Å². The van der Waals surface area contributed by atoms with Gasteiger partial charge in [0.05, 0.1) is 13.4 Å². The molecule has 0 aliphatic heterocycles. The van der Waals surface area contributed by atoms with E-state index in [4.69, 9.17) is 4.74 Å². The molecule has 0 fully saturated rings. The molecule has 1 aromatic heterocycles. The maximum atomic E-state index is 13.5. The Hall–Kier alpha value is -2.37. The van der Waals surface area contributed by atoms with Crippen LogP contribution < -0.4 is 10.1 Å². The molecule has 0 saturated heterocycles. The number of nitrogens with zero attached hydrogens (tertiary/aromatic N) is 2. The van der Waals surface area contributed by atoms with E-state index in [9.17, 15) is 9.18 Å². The number of carbonyl (C=O) groups is 1. The molecule has 1 N–H and O–H groups in total. The van der Waals surface area contributed by atoms with Gasteiger partial charge in [0.15, 0.2) is 11.6 Å². The van der Waals surface area contributed by atoms with Gasteiger partial charge in [-0.1, -0.05) is 0 Å². The lowest BCUT2D eigenvalue weighted by Gasteiger charge is -2.14. The number of hydrogen-bond donors (Lipinski definition) is 1. The van der Waals surface area contributed by atoms with Crippen LogP contribution in [-0.2, 0) is 6.54 Å². The Kier molecular flexibility index (Phi) is 4.34. The predicted molar refractivity (Wildman–Crippen MR) is 72.1 cm³/mol. The Labute approximate surface area is 116 Å². The van der Waals surface area contributed by atoms with E-state index >= 15 is 0 Å². The number of methoxy groups -OCH3 is 1. The van der Waals surface area contributed by atoms with Crippen LogP contribution in [0.15, 0.2) is 36.9 Å². The second kappa shape index (κ2) is 6.18. The Morgan fingerprint density at radius 1 is 1.55 bits per heavy atom. The molecule has 5 nitrogen and oxygen atoms in total. The van der Waals surface area contributed by atoms with Crippen molar-refractivity contribution in [3.8, 4) is 5.75 Å². The Balaban J connectivity index is 1.99. The Bertz CT molecular complexity index is 584. The first kappa shape index (κ1) is 14.0. The molecule has 0 unspecified atom stereocenters. The number of amides is 1. The highest BCUT2D eigenvalue weighted by Crippen LogP contribution is 2.17. The molecule has 1 heterocycles. The lowest BCUT2D eigenvalue weighted by Crippen LogP contribution is -2.35. The second-order valence-electron chi connectivity index (χ2n) is 4.48. The first-order valence-electron chi connectivity index (χ1n) is 6.20. The fourth-order valence-electron chi connectivity index (χ4n) is 1.87. The minimum atomic E-state index is -0.553. The molecule has 0 bridgehead atoms. The Morgan fingerprint density at radius 3 is 2.95 bits per heavy atom. The molecule has 2 rings (SSSR count). The van der Waals surface area contributed by atoms with E-state index in [1.54, 1.807) is 12.5 Å². The van der Waals surface area contributed by atoms with Crippen LogP contribution in [0.1, 0.15) is 17.3 Å². The summed E-state index contributed by atoms with van der Waals surface area (Å²) in [5.41, 5.74) is 0.265. The fourth-order valence-corrected chi connectivity index (χ4v) is 1.87. The van der Waals surface area contributed by atoms with Crippen LogP contribution in [0.3, 0.4) is 0 Å². The maximum Gasteiger partial charge on any atom is 0.251 e. The van der Waals surface area contributed by atoms with E-state index in [0.717, 1.165) is 6.07 Å². The molecule has 1 aromatic carbocycles. The van der Waals surface area contributed by atoms with Gasteiger partial charge >= 0.3 is 0 Å². The van der Waals surface area contributed by atoms with Gasteiger partial charge in [0, 0.05) is 30.5 Å². The monoisotopic (exact) mass is 277 g/mol. The molecule has 0 radical (unpaired) electrons. The quantitative estimate of drug-likeness (QED) is 0.907. The van der Waals surface area contributed by atoms with Gasteiger partial charge in [0.2, 0.25) is 0 Å². The van der Waals surface area contributed by atoms with Crippen LogP contribution in [0.25, 0.3) is 0 Å². The molecule has 6 heteroatoms. The number of benzene rings is 1. The highest BCUT2D eigenvalue weighted by molar-refractivity contribution is 5.94. The third kappa shape index (κ3) is 3.34. The molecule has 1 amide bonds. The standard InChI is InChI=1S/C14H16FN3O2/c1-10(8-18-6-5-16-9-18)17-14(19)11-3-4-13(20-2)12(15)7-11/h3-7,9-10H,8H2,1-2H3,(H,17,19)/t10-/m1/s1. The van der Waals surface area contributed by atoms with Crippen LogP contribution in [-0.4, -0.2) is 28.6 Å². The Morgan fingerprint density at radius 2 is 2.35 bits per heavy atom. The minimum Gasteiger partial charge on any atom is -0.494 e. The van der Waals surface area contributed by atoms with Crippen molar-refractivity contribution in [2.75, 3.05) is 7.11 Å². The topological polar surface area (TPSA) is 56.1 Å². The molecule has 106 valence electrons. The number of nitrogens with one attached hydrogen (secondary N) is 1. The maximum absolute atomic E-state index is 13.5. The average Bonchev–Trinajstić information content (AvgIpc) is 2.91. The number of hydrogen-bond acceptors (Lipinski definition) is 3. The molecular formula is C14H16FN3O2. The zero-order valence-electron chi connectivity index (χ0n) is 11.3. The van der Waals surface area contributed by atoms with Crippen molar-refractivity contribution in [3.05, 3.63) is 48.3 Å². The van der Waals surface area contributed by atoms with Crippen molar-refractivity contribution in [2.45, 2.75) is 19.5 Å². The number of halogens is 1. The van der Waals surface area contributed by atoms with Crippen molar-refractivity contribution in [2.24, 2.45) is 0 Å². The molecule has 0 spiro atoms. The van der Waals surface area contributed by atoms with E-state index < -0.39 is 5.82 Å². The average molecular weight is 277 g/mol. The zero-order valence-corrected chi connectivity index (χ0v) is 11.3. The molecule has 1 atom stereocenters. The van der Waals surface area contributed by atoms with Gasteiger partial charge < -0.3 is 14.6 Å². The first-order chi connectivity index (χ1) is 9.60. The summed E-state index contributed by atoms with van der Waals surface area (Å²) in [5, 5.41) is 2.80. The van der Waals surface area contributed by atoms with Crippen molar-refractivity contribution in [1.29, 1.82) is 0 Å². The van der Waals surface area contributed by atoms with Gasteiger partial charge in [-0.05, 0) is 25.1 Å². The summed E-state index contributed by atoms with van der Waals surface area (Å²) >= 11 is 0. The summed E-state index contributed by atoms with van der Waals surface area (Å²) in [5.74, 6) is -0.755. The number of rotatable bonds is 5. The first-order valence-corrected chi connectivity index (χ1v) is 6.20. The van der Waals surface area contributed by atoms with E-state index in [1.807, 2.05) is 17.7 Å². The van der Waals surface area contributed by atoms with Crippen LogP contribution >= 0.6 is 0 Å². The molecule has 2 aromatic rings. The molecular weight excluding hydrogens is 261 g/mol. The summed E-state index contributed by atoms with van der Waals surface area (Å²) in [6.45, 7) is 2.47. The zero-order chi connectivity index (χ0) is 14.5. The number of ether oxygens (including phenoxy) is 1. The number of carbonyl (C=O) groups excluding carboxylic acids is 1. The van der Waals surface area contributed by atoms with Gasteiger partial charge in [0.25, 0.3) is 5.91 Å². The van der Waals surface area contributed by atoms with Crippen molar-refractivity contribution < 1.29 is 13.9 Å². The lowest BCUT2D eigenvalue weighted by molar-refractivity contribution is 0.0936. The van der Waals surface area contributed by atoms with E-state index in [-0.39, 0.29) is 23.3 Å². The van der Waals surface area contributed by atoms with Gasteiger partial charge in [-0.3, -0.25) is 4.79 Å².